The highest BCUT2D eigenvalue weighted by atomic mass is 16.5. The molecule has 0 amide bonds. The molecule has 0 radical (unpaired) electrons. The van der Waals surface area contributed by atoms with Gasteiger partial charge >= 0.3 is 0 Å². The molecule has 110 valence electrons. The molecule has 0 aliphatic carbocycles. The normalized spacial score (nSPS) is 16.4. The third-order valence-electron chi connectivity index (χ3n) is 2.82. The van der Waals surface area contributed by atoms with Crippen LogP contribution in [0.5, 0.6) is 5.75 Å². The van der Waals surface area contributed by atoms with Gasteiger partial charge in [0.25, 0.3) is 0 Å². The lowest BCUT2D eigenvalue weighted by Gasteiger charge is -2.21. The van der Waals surface area contributed by atoms with E-state index < -0.39 is 0 Å². The topological polar surface area (TPSA) is 56.8 Å². The number of para-hydroxylation sites is 1. The fourth-order valence-corrected chi connectivity index (χ4v) is 1.77. The molecule has 1 heterocycles. The molecule has 1 atom stereocenters. The molecule has 5 nitrogen and oxygen atoms in total. The van der Waals surface area contributed by atoms with E-state index >= 15 is 0 Å². The predicted molar refractivity (Wildman–Crippen MR) is 79.2 cm³/mol. The molecule has 1 aliphatic rings. The van der Waals surface area contributed by atoms with Crippen molar-refractivity contribution >= 4 is 12.0 Å². The van der Waals surface area contributed by atoms with E-state index in [1.165, 1.54) is 6.08 Å². The number of carbonyl (C=O) groups excluding carboxylic acids is 1. The zero-order valence-electron chi connectivity index (χ0n) is 11.7. The van der Waals surface area contributed by atoms with Gasteiger partial charge in [-0.15, -0.1) is 0 Å². The first-order valence-electron chi connectivity index (χ1n) is 6.53. The van der Waals surface area contributed by atoms with Gasteiger partial charge in [-0.25, -0.2) is 4.79 Å². The molecule has 1 N–H and O–H groups in total. The number of benzene rings is 1. The Hall–Kier alpha value is -2.49. The van der Waals surface area contributed by atoms with E-state index in [2.05, 4.69) is 5.32 Å². The number of rotatable bonds is 7. The zero-order valence-corrected chi connectivity index (χ0v) is 11.7. The summed E-state index contributed by atoms with van der Waals surface area (Å²) in [5.41, 5.74) is 1.05. The van der Waals surface area contributed by atoms with Crippen LogP contribution in [0.4, 0.5) is 0 Å². The first-order chi connectivity index (χ1) is 10.3. The van der Waals surface area contributed by atoms with Crippen LogP contribution in [0.15, 0.2) is 48.4 Å². The van der Waals surface area contributed by atoms with E-state index in [4.69, 9.17) is 14.2 Å². The molecule has 0 aromatic heterocycles. The lowest BCUT2D eigenvalue weighted by Crippen LogP contribution is -2.30. The molecule has 2 rings (SSSR count). The van der Waals surface area contributed by atoms with Gasteiger partial charge in [0.15, 0.2) is 6.23 Å². The summed E-state index contributed by atoms with van der Waals surface area (Å²) < 4.78 is 16.2. The fourth-order valence-electron chi connectivity index (χ4n) is 1.77. The predicted octanol–water partition coefficient (Wildman–Crippen LogP) is 1.90. The summed E-state index contributed by atoms with van der Waals surface area (Å²) in [7, 11) is 1.55. The van der Waals surface area contributed by atoms with Gasteiger partial charge in [0.2, 0.25) is 0 Å². The van der Waals surface area contributed by atoms with Gasteiger partial charge in [-0.2, -0.15) is 0 Å². The van der Waals surface area contributed by atoms with E-state index in [-0.39, 0.29) is 19.4 Å². The van der Waals surface area contributed by atoms with Crippen LogP contribution in [0.1, 0.15) is 5.56 Å². The van der Waals surface area contributed by atoms with Crippen LogP contribution in [-0.4, -0.2) is 32.5 Å². The number of methoxy groups -OCH3 is 1. The Bertz CT molecular complexity index is 573. The van der Waals surface area contributed by atoms with Crippen molar-refractivity contribution in [2.45, 2.75) is 6.23 Å². The van der Waals surface area contributed by atoms with Crippen molar-refractivity contribution in [2.75, 3.05) is 20.3 Å². The van der Waals surface area contributed by atoms with Crippen molar-refractivity contribution < 1.29 is 19.0 Å². The van der Waals surface area contributed by atoms with Gasteiger partial charge in [-0.3, -0.25) is 0 Å². The summed E-state index contributed by atoms with van der Waals surface area (Å²) in [4.78, 5) is 10.0. The van der Waals surface area contributed by atoms with Crippen LogP contribution in [0.3, 0.4) is 0 Å². The van der Waals surface area contributed by atoms with E-state index in [0.29, 0.717) is 5.76 Å². The Morgan fingerprint density at radius 3 is 3.14 bits per heavy atom. The quantitative estimate of drug-likeness (QED) is 0.471. The van der Waals surface area contributed by atoms with E-state index in [1.54, 1.807) is 19.3 Å². The average molecular weight is 287 g/mol. The first kappa shape index (κ1) is 14.9. The molecule has 0 spiro atoms. The minimum atomic E-state index is -0.264. The van der Waals surface area contributed by atoms with Crippen molar-refractivity contribution in [3.8, 4) is 5.75 Å². The standard InChI is InChI=1S/C16H17NO4/c1-19-14(12-20-10-4-9-18)11-17-16-8-7-13-5-2-3-6-15(13)21-16/h2-8,11,16-17H,10,12H2,1H3/b14-11+. The highest BCUT2D eigenvalue weighted by Crippen LogP contribution is 2.24. The molecule has 5 heteroatoms. The minimum absolute atomic E-state index is 0.206. The second-order valence-corrected chi connectivity index (χ2v) is 4.25. The molecule has 1 aromatic rings. The van der Waals surface area contributed by atoms with Crippen LogP contribution in [0.25, 0.3) is 6.08 Å². The van der Waals surface area contributed by atoms with Gasteiger partial charge in [0.1, 0.15) is 24.1 Å². The maximum absolute atomic E-state index is 10.0. The molecular formula is C16H17NO4. The van der Waals surface area contributed by atoms with Gasteiger partial charge in [0, 0.05) is 17.8 Å². The van der Waals surface area contributed by atoms with Gasteiger partial charge in [-0.1, -0.05) is 18.2 Å². The molecule has 1 aliphatic heterocycles. The summed E-state index contributed by atoms with van der Waals surface area (Å²) in [6.07, 6.45) is 6.61. The molecule has 1 unspecified atom stereocenters. The second-order valence-electron chi connectivity index (χ2n) is 4.25. The van der Waals surface area contributed by atoms with Crippen LogP contribution in [-0.2, 0) is 14.3 Å². The Morgan fingerprint density at radius 1 is 1.48 bits per heavy atom. The molecule has 0 bridgehead atoms. The second kappa shape index (κ2) is 7.94. The van der Waals surface area contributed by atoms with Crippen molar-refractivity contribution in [2.24, 2.45) is 0 Å². The van der Waals surface area contributed by atoms with Crippen LogP contribution in [0.2, 0.25) is 0 Å². The third-order valence-corrected chi connectivity index (χ3v) is 2.82. The molecule has 21 heavy (non-hydrogen) atoms. The number of nitrogens with one attached hydrogen (secondary N) is 1. The number of ether oxygens (including phenoxy) is 3. The summed E-state index contributed by atoms with van der Waals surface area (Å²) in [5.74, 6) is 3.08. The molecule has 0 saturated carbocycles. The smallest absolute Gasteiger partial charge is 0.189 e. The van der Waals surface area contributed by atoms with Crippen molar-refractivity contribution in [3.05, 3.63) is 53.9 Å². The highest BCUT2D eigenvalue weighted by molar-refractivity contribution is 5.59. The minimum Gasteiger partial charge on any atom is -0.497 e. The largest absolute Gasteiger partial charge is 0.497 e. The number of fused-ring (bicyclic) bond motifs is 1. The highest BCUT2D eigenvalue weighted by Gasteiger charge is 2.12. The van der Waals surface area contributed by atoms with E-state index in [9.17, 15) is 4.79 Å². The Kier molecular flexibility index (Phi) is 5.64. The first-order valence-corrected chi connectivity index (χ1v) is 6.53. The van der Waals surface area contributed by atoms with Gasteiger partial charge < -0.3 is 19.5 Å². The molecule has 0 fully saturated rings. The van der Waals surface area contributed by atoms with Crippen molar-refractivity contribution in [1.82, 2.24) is 5.32 Å². The summed E-state index contributed by atoms with van der Waals surface area (Å²) >= 11 is 0. The molecule has 1 aromatic carbocycles. The molecular weight excluding hydrogens is 270 g/mol. The fraction of sp³-hybridized carbons (Fsp3) is 0.250. The third kappa shape index (κ3) is 4.53. The Morgan fingerprint density at radius 2 is 2.33 bits per heavy atom. The van der Waals surface area contributed by atoms with Crippen molar-refractivity contribution in [1.29, 1.82) is 0 Å². The SMILES string of the molecule is CO/C(=C/NC1C=Cc2ccccc2O1)COCC=C=O. The summed E-state index contributed by atoms with van der Waals surface area (Å²) in [6, 6.07) is 7.81. The van der Waals surface area contributed by atoms with Gasteiger partial charge in [-0.05, 0) is 18.2 Å². The lowest BCUT2D eigenvalue weighted by molar-refractivity contribution is 0.132. The van der Waals surface area contributed by atoms with Gasteiger partial charge in [0.05, 0.1) is 13.7 Å². The number of hydrogen-bond donors (Lipinski definition) is 1. The summed E-state index contributed by atoms with van der Waals surface area (Å²) in [5, 5.41) is 3.09. The monoisotopic (exact) mass is 287 g/mol. The van der Waals surface area contributed by atoms with Crippen molar-refractivity contribution in [3.63, 3.8) is 0 Å². The molecule has 0 saturated heterocycles. The Balaban J connectivity index is 1.87. The maximum atomic E-state index is 10.0. The van der Waals surface area contributed by atoms with Crippen LogP contribution < -0.4 is 10.1 Å². The van der Waals surface area contributed by atoms with E-state index in [0.717, 1.165) is 11.3 Å². The lowest BCUT2D eigenvalue weighted by atomic mass is 10.1. The van der Waals surface area contributed by atoms with Crippen LogP contribution >= 0.6 is 0 Å². The zero-order chi connectivity index (χ0) is 14.9. The number of hydrogen-bond acceptors (Lipinski definition) is 5. The Labute approximate surface area is 123 Å². The average Bonchev–Trinajstić information content (AvgIpc) is 2.54. The van der Waals surface area contributed by atoms with E-state index in [1.807, 2.05) is 36.4 Å². The summed E-state index contributed by atoms with van der Waals surface area (Å²) in [6.45, 7) is 0.464. The maximum Gasteiger partial charge on any atom is 0.189 e. The van der Waals surface area contributed by atoms with Crippen LogP contribution in [0, 0.1) is 0 Å².